The molecule has 0 unspecified atom stereocenters. The number of aryl methyl sites for hydroxylation is 6. The van der Waals surface area contributed by atoms with E-state index in [2.05, 4.69) is 84.0 Å². The molecule has 4 aromatic rings. The fourth-order valence-electron chi connectivity index (χ4n) is 4.42. The monoisotopic (exact) mass is 419 g/mol. The van der Waals surface area contributed by atoms with Crippen LogP contribution in [0.2, 0.25) is 0 Å². The van der Waals surface area contributed by atoms with Gasteiger partial charge in [0.05, 0.1) is 35.2 Å². The zero-order valence-corrected chi connectivity index (χ0v) is 19.7. The third-order valence-electron chi connectivity index (χ3n) is 5.70. The van der Waals surface area contributed by atoms with Gasteiger partial charge in [-0.3, -0.25) is 9.98 Å². The summed E-state index contributed by atoms with van der Waals surface area (Å²) in [5, 5.41) is 2.21. The van der Waals surface area contributed by atoms with E-state index in [1.165, 1.54) is 33.4 Å². The second-order valence-electron chi connectivity index (χ2n) is 8.66. The van der Waals surface area contributed by atoms with E-state index < -0.39 is 0 Å². The number of fused-ring (bicyclic) bond motifs is 1. The lowest BCUT2D eigenvalue weighted by Gasteiger charge is -2.08. The van der Waals surface area contributed by atoms with Gasteiger partial charge in [0.25, 0.3) is 0 Å². The predicted molar refractivity (Wildman–Crippen MR) is 138 cm³/mol. The molecule has 0 atom stereocenters. The van der Waals surface area contributed by atoms with E-state index in [1.54, 1.807) is 0 Å². The second kappa shape index (κ2) is 8.88. The summed E-state index contributed by atoms with van der Waals surface area (Å²) in [6.07, 6.45) is 3.74. The maximum Gasteiger partial charge on any atom is 0.0898 e. The van der Waals surface area contributed by atoms with Crippen LogP contribution in [0.1, 0.15) is 44.8 Å². The van der Waals surface area contributed by atoms with Gasteiger partial charge in [-0.25, -0.2) is 4.98 Å². The predicted octanol–water partition coefficient (Wildman–Crippen LogP) is 7.59. The molecule has 0 saturated heterocycles. The molecule has 0 bridgehead atoms. The SMILES string of the molecule is Cc1cc(C)c(N=Cc2cc3ccccc3c(C=Nc3c(C)cc(C)cc3C)n2)c(C)c1. The maximum atomic E-state index is 4.89. The van der Waals surface area contributed by atoms with Crippen molar-refractivity contribution in [2.45, 2.75) is 41.5 Å². The number of nitrogens with zero attached hydrogens (tertiary/aromatic N) is 3. The van der Waals surface area contributed by atoms with E-state index in [0.717, 1.165) is 33.5 Å². The Morgan fingerprint density at radius 1 is 0.625 bits per heavy atom. The quantitative estimate of drug-likeness (QED) is 0.314. The summed E-state index contributed by atoms with van der Waals surface area (Å²) in [4.78, 5) is 14.5. The average molecular weight is 420 g/mol. The van der Waals surface area contributed by atoms with Gasteiger partial charge < -0.3 is 0 Å². The van der Waals surface area contributed by atoms with Gasteiger partial charge >= 0.3 is 0 Å². The Hall–Kier alpha value is -3.59. The van der Waals surface area contributed by atoms with Crippen molar-refractivity contribution in [1.29, 1.82) is 0 Å². The molecular weight excluding hydrogens is 390 g/mol. The van der Waals surface area contributed by atoms with Crippen LogP contribution >= 0.6 is 0 Å². The number of rotatable bonds is 4. The number of pyridine rings is 1. The van der Waals surface area contributed by atoms with Crippen LogP contribution < -0.4 is 0 Å². The van der Waals surface area contributed by atoms with Gasteiger partial charge in [-0.05, 0) is 75.2 Å². The topological polar surface area (TPSA) is 37.6 Å². The molecule has 0 aliphatic heterocycles. The van der Waals surface area contributed by atoms with E-state index in [1.807, 2.05) is 24.6 Å². The lowest BCUT2D eigenvalue weighted by atomic mass is 10.1. The summed E-state index contributed by atoms with van der Waals surface area (Å²) >= 11 is 0. The van der Waals surface area contributed by atoms with Crippen molar-refractivity contribution >= 4 is 34.6 Å². The normalized spacial score (nSPS) is 11.8. The number of aliphatic imine (C=N–C) groups is 2. The first-order valence-electron chi connectivity index (χ1n) is 11.0. The third kappa shape index (κ3) is 4.52. The van der Waals surface area contributed by atoms with Crippen LogP contribution in [-0.2, 0) is 0 Å². The van der Waals surface area contributed by atoms with Gasteiger partial charge in [0, 0.05) is 5.39 Å². The Morgan fingerprint density at radius 3 is 1.69 bits per heavy atom. The molecule has 4 rings (SSSR count). The van der Waals surface area contributed by atoms with E-state index in [-0.39, 0.29) is 0 Å². The highest BCUT2D eigenvalue weighted by molar-refractivity contribution is 6.01. The van der Waals surface area contributed by atoms with Crippen molar-refractivity contribution in [2.75, 3.05) is 0 Å². The van der Waals surface area contributed by atoms with Crippen molar-refractivity contribution in [2.24, 2.45) is 9.98 Å². The molecule has 32 heavy (non-hydrogen) atoms. The van der Waals surface area contributed by atoms with E-state index in [9.17, 15) is 0 Å². The summed E-state index contributed by atoms with van der Waals surface area (Å²) < 4.78 is 0. The molecule has 0 fully saturated rings. The summed E-state index contributed by atoms with van der Waals surface area (Å²) in [6, 6.07) is 19.0. The minimum absolute atomic E-state index is 0.821. The minimum atomic E-state index is 0.821. The first kappa shape index (κ1) is 21.6. The Kier molecular flexibility index (Phi) is 6.00. The van der Waals surface area contributed by atoms with E-state index in [4.69, 9.17) is 15.0 Å². The van der Waals surface area contributed by atoms with Gasteiger partial charge in [0.1, 0.15) is 0 Å². The first-order chi connectivity index (χ1) is 15.3. The molecule has 0 saturated carbocycles. The van der Waals surface area contributed by atoms with Crippen LogP contribution in [0.3, 0.4) is 0 Å². The van der Waals surface area contributed by atoms with Crippen LogP contribution in [0.5, 0.6) is 0 Å². The minimum Gasteiger partial charge on any atom is -0.254 e. The molecule has 3 nitrogen and oxygen atoms in total. The van der Waals surface area contributed by atoms with Gasteiger partial charge in [-0.1, -0.05) is 59.7 Å². The van der Waals surface area contributed by atoms with Crippen LogP contribution in [-0.4, -0.2) is 17.4 Å². The van der Waals surface area contributed by atoms with Crippen LogP contribution in [0.4, 0.5) is 11.4 Å². The Bertz CT molecular complexity index is 1330. The molecule has 160 valence electrons. The number of benzene rings is 3. The number of hydrogen-bond acceptors (Lipinski definition) is 3. The molecule has 0 radical (unpaired) electrons. The Morgan fingerprint density at radius 2 is 1.12 bits per heavy atom. The average Bonchev–Trinajstić information content (AvgIpc) is 2.72. The fourth-order valence-corrected chi connectivity index (χ4v) is 4.42. The van der Waals surface area contributed by atoms with E-state index >= 15 is 0 Å². The van der Waals surface area contributed by atoms with E-state index in [0.29, 0.717) is 0 Å². The lowest BCUT2D eigenvalue weighted by Crippen LogP contribution is -1.97. The highest BCUT2D eigenvalue weighted by Crippen LogP contribution is 2.27. The van der Waals surface area contributed by atoms with Gasteiger partial charge in [-0.2, -0.15) is 0 Å². The molecule has 0 amide bonds. The first-order valence-corrected chi connectivity index (χ1v) is 11.0. The summed E-state index contributed by atoms with van der Waals surface area (Å²) in [5.41, 5.74) is 10.9. The van der Waals surface area contributed by atoms with Crippen molar-refractivity contribution in [3.05, 3.63) is 99.4 Å². The zero-order valence-electron chi connectivity index (χ0n) is 19.7. The maximum absolute atomic E-state index is 4.89. The highest BCUT2D eigenvalue weighted by Gasteiger charge is 2.07. The molecule has 3 heteroatoms. The molecule has 0 aliphatic carbocycles. The third-order valence-corrected chi connectivity index (χ3v) is 5.70. The Labute approximate surface area is 190 Å². The number of aromatic nitrogens is 1. The fraction of sp³-hybridized carbons (Fsp3) is 0.207. The highest BCUT2D eigenvalue weighted by atomic mass is 14.8. The van der Waals surface area contributed by atoms with Crippen LogP contribution in [0, 0.1) is 41.5 Å². The van der Waals surface area contributed by atoms with Crippen LogP contribution in [0.15, 0.2) is 64.6 Å². The largest absolute Gasteiger partial charge is 0.254 e. The smallest absolute Gasteiger partial charge is 0.0898 e. The molecular formula is C29H29N3. The standard InChI is InChI=1S/C29H29N3/c1-18-11-20(3)28(21(4)12-18)30-16-25-15-24-9-7-8-10-26(24)27(32-25)17-31-29-22(5)13-19(2)14-23(29)6/h7-17H,1-6H3. The molecule has 3 aromatic carbocycles. The lowest BCUT2D eigenvalue weighted by molar-refractivity contribution is 1.27. The zero-order chi connectivity index (χ0) is 22.8. The second-order valence-corrected chi connectivity index (χ2v) is 8.66. The molecule has 0 aliphatic rings. The van der Waals surface area contributed by atoms with Gasteiger partial charge in [0.2, 0.25) is 0 Å². The van der Waals surface area contributed by atoms with Crippen molar-refractivity contribution in [3.63, 3.8) is 0 Å². The summed E-state index contributed by atoms with van der Waals surface area (Å²) in [6.45, 7) is 12.6. The molecule has 0 N–H and O–H groups in total. The summed E-state index contributed by atoms with van der Waals surface area (Å²) in [5.74, 6) is 0. The number of hydrogen-bond donors (Lipinski definition) is 0. The van der Waals surface area contributed by atoms with Crippen LogP contribution in [0.25, 0.3) is 10.8 Å². The molecule has 1 aromatic heterocycles. The summed E-state index contributed by atoms with van der Waals surface area (Å²) in [7, 11) is 0. The van der Waals surface area contributed by atoms with Crippen molar-refractivity contribution in [3.8, 4) is 0 Å². The van der Waals surface area contributed by atoms with Gasteiger partial charge in [0.15, 0.2) is 0 Å². The molecule has 1 heterocycles. The van der Waals surface area contributed by atoms with Crippen molar-refractivity contribution in [1.82, 2.24) is 4.98 Å². The van der Waals surface area contributed by atoms with Crippen molar-refractivity contribution < 1.29 is 0 Å². The molecule has 0 spiro atoms. The van der Waals surface area contributed by atoms with Gasteiger partial charge in [-0.15, -0.1) is 0 Å². The Balaban J connectivity index is 1.78.